The Morgan fingerprint density at radius 1 is 1.50 bits per heavy atom. The van der Waals surface area contributed by atoms with Crippen molar-refractivity contribution in [2.45, 2.75) is 23.8 Å². The molecule has 3 N–H and O–H groups in total. The second-order valence-corrected chi connectivity index (χ2v) is 6.44. The molecule has 2 rings (SSSR count). The molecule has 1 heterocycles. The third kappa shape index (κ3) is 2.48. The number of nitrogen functional groups attached to an aromatic ring is 1. The van der Waals surface area contributed by atoms with Crippen molar-refractivity contribution >= 4 is 21.6 Å². The molecular weight excluding hydrogens is 285 g/mol. The van der Waals surface area contributed by atoms with Gasteiger partial charge >= 0.3 is 0 Å². The molecule has 1 amide bonds. The summed E-state index contributed by atoms with van der Waals surface area (Å²) < 4.78 is 39.8. The lowest BCUT2D eigenvalue weighted by molar-refractivity contribution is -0.123. The molecule has 1 unspecified atom stereocenters. The number of rotatable bonds is 3. The Kier molecular flexibility index (Phi) is 3.96. The maximum Gasteiger partial charge on any atom is 0.246 e. The zero-order chi connectivity index (χ0) is 14.9. The number of nitrogens with zero attached hydrogens (tertiary/aromatic N) is 1. The van der Waals surface area contributed by atoms with E-state index in [1.165, 1.54) is 13.1 Å². The Labute approximate surface area is 116 Å². The highest BCUT2D eigenvalue weighted by molar-refractivity contribution is 7.89. The van der Waals surface area contributed by atoms with Crippen LogP contribution in [0.3, 0.4) is 0 Å². The summed E-state index contributed by atoms with van der Waals surface area (Å²) in [5.74, 6) is -1.27. The zero-order valence-electron chi connectivity index (χ0n) is 11.0. The fourth-order valence-electron chi connectivity index (χ4n) is 2.30. The number of hydrogen-bond acceptors (Lipinski definition) is 4. The average Bonchev–Trinajstić information content (AvgIpc) is 2.90. The molecule has 0 bridgehead atoms. The standard InChI is InChI=1S/C12H16FN3O3S/c1-15-12(17)10-3-2-6-16(10)20(18,19)11-7-8(14)4-5-9(11)13/h4-5,7,10H,2-3,6,14H2,1H3,(H,15,17). The summed E-state index contributed by atoms with van der Waals surface area (Å²) in [5, 5.41) is 2.42. The lowest BCUT2D eigenvalue weighted by Crippen LogP contribution is -2.45. The lowest BCUT2D eigenvalue weighted by atomic mass is 10.2. The van der Waals surface area contributed by atoms with Gasteiger partial charge < -0.3 is 11.1 Å². The molecule has 1 atom stereocenters. The number of amides is 1. The van der Waals surface area contributed by atoms with E-state index in [0.29, 0.717) is 12.8 Å². The van der Waals surface area contributed by atoms with Crippen LogP contribution in [-0.2, 0) is 14.8 Å². The largest absolute Gasteiger partial charge is 0.399 e. The molecule has 110 valence electrons. The van der Waals surface area contributed by atoms with Gasteiger partial charge in [-0.25, -0.2) is 12.8 Å². The Bertz CT molecular complexity index is 633. The van der Waals surface area contributed by atoms with Crippen LogP contribution in [0.1, 0.15) is 12.8 Å². The summed E-state index contributed by atoms with van der Waals surface area (Å²) in [7, 11) is -2.64. The van der Waals surface area contributed by atoms with Crippen LogP contribution in [0.2, 0.25) is 0 Å². The molecule has 0 saturated carbocycles. The Balaban J connectivity index is 2.44. The summed E-state index contributed by atoms with van der Waals surface area (Å²) in [6.07, 6.45) is 0.976. The first kappa shape index (κ1) is 14.7. The quantitative estimate of drug-likeness (QED) is 0.786. The van der Waals surface area contributed by atoms with Crippen LogP contribution in [0.4, 0.5) is 10.1 Å². The number of anilines is 1. The molecule has 1 saturated heterocycles. The fraction of sp³-hybridized carbons (Fsp3) is 0.417. The molecule has 1 aliphatic rings. The predicted octanol–water partition coefficient (Wildman–Crippen LogP) is 0.307. The van der Waals surface area contributed by atoms with Crippen LogP contribution in [0.5, 0.6) is 0 Å². The first-order valence-electron chi connectivity index (χ1n) is 6.16. The minimum atomic E-state index is -4.08. The lowest BCUT2D eigenvalue weighted by Gasteiger charge is -2.23. The van der Waals surface area contributed by atoms with E-state index in [1.54, 1.807) is 0 Å². The maximum absolute atomic E-state index is 13.8. The molecule has 1 aliphatic heterocycles. The number of sulfonamides is 1. The number of likely N-dealkylation sites (N-methyl/N-ethyl adjacent to an activating group) is 1. The van der Waals surface area contributed by atoms with Gasteiger partial charge in [0, 0.05) is 19.3 Å². The smallest absolute Gasteiger partial charge is 0.246 e. The zero-order valence-corrected chi connectivity index (χ0v) is 11.8. The van der Waals surface area contributed by atoms with Gasteiger partial charge in [0.25, 0.3) is 0 Å². The topological polar surface area (TPSA) is 92.5 Å². The number of nitrogens with one attached hydrogen (secondary N) is 1. The summed E-state index contributed by atoms with van der Waals surface area (Å²) >= 11 is 0. The highest BCUT2D eigenvalue weighted by atomic mass is 32.2. The number of nitrogens with two attached hydrogens (primary N) is 1. The molecule has 0 aromatic heterocycles. The molecule has 6 nitrogen and oxygen atoms in total. The van der Waals surface area contributed by atoms with Gasteiger partial charge in [-0.2, -0.15) is 4.31 Å². The SMILES string of the molecule is CNC(=O)C1CCCN1S(=O)(=O)c1cc(N)ccc1F. The summed E-state index contributed by atoms with van der Waals surface area (Å²) in [5.41, 5.74) is 5.67. The van der Waals surface area contributed by atoms with E-state index < -0.39 is 32.7 Å². The third-order valence-corrected chi connectivity index (χ3v) is 5.22. The van der Waals surface area contributed by atoms with Crippen LogP contribution in [0.15, 0.2) is 23.1 Å². The van der Waals surface area contributed by atoms with E-state index in [0.717, 1.165) is 16.4 Å². The van der Waals surface area contributed by atoms with Gasteiger partial charge in [0.05, 0.1) is 0 Å². The van der Waals surface area contributed by atoms with Gasteiger partial charge in [0.2, 0.25) is 15.9 Å². The van der Waals surface area contributed by atoms with Crippen molar-refractivity contribution in [3.05, 3.63) is 24.0 Å². The van der Waals surface area contributed by atoms with Crippen molar-refractivity contribution in [1.29, 1.82) is 0 Å². The van der Waals surface area contributed by atoms with Crippen LogP contribution < -0.4 is 11.1 Å². The van der Waals surface area contributed by atoms with Crippen molar-refractivity contribution in [2.75, 3.05) is 19.3 Å². The molecule has 0 spiro atoms. The molecule has 1 aromatic rings. The van der Waals surface area contributed by atoms with Crippen LogP contribution in [-0.4, -0.2) is 38.3 Å². The number of carbonyl (C=O) groups is 1. The van der Waals surface area contributed by atoms with Crippen LogP contribution >= 0.6 is 0 Å². The second-order valence-electron chi connectivity index (χ2n) is 4.58. The number of benzene rings is 1. The third-order valence-electron chi connectivity index (χ3n) is 3.29. The van der Waals surface area contributed by atoms with E-state index in [2.05, 4.69) is 5.32 Å². The Hall–Kier alpha value is -1.67. The Morgan fingerprint density at radius 2 is 2.20 bits per heavy atom. The molecule has 1 aromatic carbocycles. The van der Waals surface area contributed by atoms with Crippen molar-refractivity contribution in [2.24, 2.45) is 0 Å². The van der Waals surface area contributed by atoms with Crippen molar-refractivity contribution in [3.63, 3.8) is 0 Å². The van der Waals surface area contributed by atoms with Crippen LogP contribution in [0.25, 0.3) is 0 Å². The van der Waals surface area contributed by atoms with Crippen molar-refractivity contribution in [3.8, 4) is 0 Å². The molecule has 1 fully saturated rings. The monoisotopic (exact) mass is 301 g/mol. The molecular formula is C12H16FN3O3S. The van der Waals surface area contributed by atoms with Gasteiger partial charge in [-0.3, -0.25) is 4.79 Å². The summed E-state index contributed by atoms with van der Waals surface area (Å²) in [4.78, 5) is 11.2. The first-order valence-corrected chi connectivity index (χ1v) is 7.60. The van der Waals surface area contributed by atoms with E-state index in [4.69, 9.17) is 5.73 Å². The van der Waals surface area contributed by atoms with E-state index in [1.807, 2.05) is 0 Å². The average molecular weight is 301 g/mol. The Morgan fingerprint density at radius 3 is 2.85 bits per heavy atom. The minimum absolute atomic E-state index is 0.153. The van der Waals surface area contributed by atoms with Crippen molar-refractivity contribution < 1.29 is 17.6 Å². The van der Waals surface area contributed by atoms with E-state index in [-0.39, 0.29) is 12.2 Å². The summed E-state index contributed by atoms with van der Waals surface area (Å²) in [6, 6.07) is 2.57. The first-order chi connectivity index (χ1) is 9.37. The van der Waals surface area contributed by atoms with E-state index in [9.17, 15) is 17.6 Å². The van der Waals surface area contributed by atoms with Crippen molar-refractivity contribution in [1.82, 2.24) is 9.62 Å². The van der Waals surface area contributed by atoms with Gasteiger partial charge in [-0.1, -0.05) is 0 Å². The molecule has 8 heteroatoms. The molecule has 20 heavy (non-hydrogen) atoms. The highest BCUT2D eigenvalue weighted by Gasteiger charge is 2.40. The van der Waals surface area contributed by atoms with E-state index >= 15 is 0 Å². The van der Waals surface area contributed by atoms with Gasteiger partial charge in [0.1, 0.15) is 16.8 Å². The molecule has 0 aliphatic carbocycles. The second kappa shape index (κ2) is 5.37. The van der Waals surface area contributed by atoms with Gasteiger partial charge in [-0.05, 0) is 31.0 Å². The number of hydrogen-bond donors (Lipinski definition) is 2. The van der Waals surface area contributed by atoms with Crippen LogP contribution in [0, 0.1) is 5.82 Å². The fourth-order valence-corrected chi connectivity index (χ4v) is 4.06. The molecule has 0 radical (unpaired) electrons. The number of halogens is 1. The minimum Gasteiger partial charge on any atom is -0.399 e. The predicted molar refractivity (Wildman–Crippen MR) is 71.8 cm³/mol. The highest BCUT2D eigenvalue weighted by Crippen LogP contribution is 2.28. The summed E-state index contributed by atoms with van der Waals surface area (Å²) in [6.45, 7) is 0.189. The van der Waals surface area contributed by atoms with Gasteiger partial charge in [0.15, 0.2) is 0 Å². The normalized spacial score (nSPS) is 20.0. The maximum atomic E-state index is 13.8. The number of carbonyl (C=O) groups excluding carboxylic acids is 1. The van der Waals surface area contributed by atoms with Gasteiger partial charge in [-0.15, -0.1) is 0 Å².